The van der Waals surface area contributed by atoms with Crippen molar-refractivity contribution in [3.63, 3.8) is 0 Å². The molecule has 0 bridgehead atoms. The fourth-order valence-electron chi connectivity index (χ4n) is 2.18. The molecule has 0 fully saturated rings. The highest BCUT2D eigenvalue weighted by molar-refractivity contribution is 5.93. The van der Waals surface area contributed by atoms with Crippen LogP contribution >= 0.6 is 0 Å². The first-order valence-corrected chi connectivity index (χ1v) is 7.82. The molecule has 25 heavy (non-hydrogen) atoms. The number of benzene rings is 2. The molecular formula is C18H22FN3O3. The molecule has 0 saturated carbocycles. The lowest BCUT2D eigenvalue weighted by atomic mass is 10.2. The molecule has 134 valence electrons. The Morgan fingerprint density at radius 2 is 1.88 bits per heavy atom. The van der Waals surface area contributed by atoms with Crippen LogP contribution in [0, 0.1) is 5.82 Å². The van der Waals surface area contributed by atoms with E-state index in [0.717, 1.165) is 5.69 Å². The van der Waals surface area contributed by atoms with E-state index in [2.05, 4.69) is 15.6 Å². The lowest BCUT2D eigenvalue weighted by Crippen LogP contribution is -2.30. The zero-order chi connectivity index (χ0) is 18.2. The number of halogens is 1. The fraction of sp³-hybridized carbons (Fsp3) is 0.278. The number of guanidine groups is 1. The van der Waals surface area contributed by atoms with Gasteiger partial charge in [-0.2, -0.15) is 0 Å². The van der Waals surface area contributed by atoms with Crippen molar-refractivity contribution in [1.82, 2.24) is 5.32 Å². The Balaban J connectivity index is 2.15. The molecule has 0 aliphatic carbocycles. The van der Waals surface area contributed by atoms with Crippen LogP contribution in [0.5, 0.6) is 17.2 Å². The summed E-state index contributed by atoms with van der Waals surface area (Å²) in [5.41, 5.74) is 1.43. The van der Waals surface area contributed by atoms with Gasteiger partial charge in [-0.3, -0.25) is 0 Å². The number of hydrogen-bond donors (Lipinski definition) is 3. The highest BCUT2D eigenvalue weighted by Crippen LogP contribution is 2.29. The number of aromatic hydroxyl groups is 1. The molecular weight excluding hydrogens is 325 g/mol. The predicted molar refractivity (Wildman–Crippen MR) is 96.0 cm³/mol. The van der Waals surface area contributed by atoms with Crippen LogP contribution in [0.4, 0.5) is 10.1 Å². The zero-order valence-electron chi connectivity index (χ0n) is 14.5. The molecule has 0 spiro atoms. The van der Waals surface area contributed by atoms with Gasteiger partial charge in [-0.25, -0.2) is 9.38 Å². The summed E-state index contributed by atoms with van der Waals surface area (Å²) in [5, 5.41) is 15.5. The van der Waals surface area contributed by atoms with Crippen molar-refractivity contribution in [3.05, 3.63) is 47.8 Å². The van der Waals surface area contributed by atoms with E-state index in [4.69, 9.17) is 9.47 Å². The van der Waals surface area contributed by atoms with E-state index in [9.17, 15) is 9.50 Å². The third-order valence-electron chi connectivity index (χ3n) is 3.42. The second kappa shape index (κ2) is 8.77. The number of hydrogen-bond acceptors (Lipinski definition) is 4. The summed E-state index contributed by atoms with van der Waals surface area (Å²) in [6, 6.07) is 9.63. The molecule has 0 atom stereocenters. The number of nitrogens with one attached hydrogen (secondary N) is 2. The van der Waals surface area contributed by atoms with Crippen LogP contribution in [0.2, 0.25) is 0 Å². The van der Waals surface area contributed by atoms with Gasteiger partial charge in [-0.15, -0.1) is 0 Å². The monoisotopic (exact) mass is 347 g/mol. The Morgan fingerprint density at radius 1 is 1.12 bits per heavy atom. The maximum Gasteiger partial charge on any atom is 0.196 e. The Morgan fingerprint density at radius 3 is 2.52 bits per heavy atom. The van der Waals surface area contributed by atoms with Crippen LogP contribution in [0.3, 0.4) is 0 Å². The summed E-state index contributed by atoms with van der Waals surface area (Å²) in [5.74, 6) is 0.746. The van der Waals surface area contributed by atoms with Crippen molar-refractivity contribution >= 4 is 11.6 Å². The van der Waals surface area contributed by atoms with Gasteiger partial charge in [-0.1, -0.05) is 6.07 Å². The molecule has 0 amide bonds. The van der Waals surface area contributed by atoms with Gasteiger partial charge in [0.2, 0.25) is 0 Å². The molecule has 0 heterocycles. The summed E-state index contributed by atoms with van der Waals surface area (Å²) < 4.78 is 23.9. The van der Waals surface area contributed by atoms with Gasteiger partial charge >= 0.3 is 0 Å². The van der Waals surface area contributed by atoms with Crippen molar-refractivity contribution in [2.75, 3.05) is 26.1 Å². The van der Waals surface area contributed by atoms with Gasteiger partial charge in [0, 0.05) is 18.3 Å². The molecule has 0 saturated heterocycles. The van der Waals surface area contributed by atoms with Crippen molar-refractivity contribution in [2.24, 2.45) is 4.99 Å². The maximum absolute atomic E-state index is 13.4. The number of nitrogens with zero attached hydrogens (tertiary/aromatic N) is 1. The Kier molecular flexibility index (Phi) is 6.45. The van der Waals surface area contributed by atoms with Crippen LogP contribution in [-0.4, -0.2) is 31.8 Å². The maximum atomic E-state index is 13.4. The van der Waals surface area contributed by atoms with Crippen molar-refractivity contribution in [2.45, 2.75) is 13.5 Å². The van der Waals surface area contributed by atoms with Crippen molar-refractivity contribution < 1.29 is 19.0 Å². The van der Waals surface area contributed by atoms with Crippen LogP contribution in [0.1, 0.15) is 12.5 Å². The smallest absolute Gasteiger partial charge is 0.196 e. The molecule has 7 heteroatoms. The minimum Gasteiger partial charge on any atom is -0.505 e. The first kappa shape index (κ1) is 18.4. The summed E-state index contributed by atoms with van der Waals surface area (Å²) in [6.07, 6.45) is 0. The molecule has 6 nitrogen and oxygen atoms in total. The third-order valence-corrected chi connectivity index (χ3v) is 3.42. The summed E-state index contributed by atoms with van der Waals surface area (Å²) in [7, 11) is 3.15. The second-order valence-corrected chi connectivity index (χ2v) is 5.18. The fourth-order valence-corrected chi connectivity index (χ4v) is 2.18. The molecule has 0 radical (unpaired) electrons. The van der Waals surface area contributed by atoms with Gasteiger partial charge in [-0.05, 0) is 36.8 Å². The highest BCUT2D eigenvalue weighted by atomic mass is 19.1. The number of phenolic OH excluding ortho intramolecular Hbond substituents is 1. The first-order chi connectivity index (χ1) is 12.1. The molecule has 2 rings (SSSR count). The van der Waals surface area contributed by atoms with E-state index < -0.39 is 5.82 Å². The van der Waals surface area contributed by atoms with Crippen LogP contribution in [-0.2, 0) is 6.54 Å². The average Bonchev–Trinajstić information content (AvgIpc) is 2.62. The lowest BCUT2D eigenvalue weighted by molar-refractivity contribution is 0.355. The number of phenols is 1. The van der Waals surface area contributed by atoms with E-state index in [-0.39, 0.29) is 12.3 Å². The Bertz CT molecular complexity index is 750. The summed E-state index contributed by atoms with van der Waals surface area (Å²) in [4.78, 5) is 4.42. The van der Waals surface area contributed by atoms with Crippen LogP contribution < -0.4 is 20.1 Å². The number of aliphatic imine (C=N–C) groups is 1. The number of methoxy groups -OCH3 is 2. The van der Waals surface area contributed by atoms with E-state index >= 15 is 0 Å². The largest absolute Gasteiger partial charge is 0.505 e. The zero-order valence-corrected chi connectivity index (χ0v) is 14.5. The normalized spacial score (nSPS) is 11.1. The predicted octanol–water partition coefficient (Wildman–Crippen LogP) is 3.13. The summed E-state index contributed by atoms with van der Waals surface area (Å²) >= 11 is 0. The SMILES string of the molecule is CCNC(=NCc1ccc(O)c(F)c1)Nc1ccc(OC)c(OC)c1. The molecule has 0 unspecified atom stereocenters. The lowest BCUT2D eigenvalue weighted by Gasteiger charge is -2.14. The minimum atomic E-state index is -0.662. The van der Waals surface area contributed by atoms with Gasteiger partial charge in [0.25, 0.3) is 0 Å². The number of anilines is 1. The van der Waals surface area contributed by atoms with Gasteiger partial charge in [0.1, 0.15) is 0 Å². The standard InChI is InChI=1S/C18H22FN3O3/c1-4-20-18(21-11-12-5-7-15(23)14(19)9-12)22-13-6-8-16(24-2)17(10-13)25-3/h5-10,23H,4,11H2,1-3H3,(H2,20,21,22). The van der Waals surface area contributed by atoms with E-state index in [0.29, 0.717) is 29.6 Å². The Hall–Kier alpha value is -2.96. The highest BCUT2D eigenvalue weighted by Gasteiger charge is 2.07. The van der Waals surface area contributed by atoms with Crippen molar-refractivity contribution in [3.8, 4) is 17.2 Å². The summed E-state index contributed by atoms with van der Waals surface area (Å²) in [6.45, 7) is 2.88. The average molecular weight is 347 g/mol. The van der Waals surface area contributed by atoms with Crippen molar-refractivity contribution in [1.29, 1.82) is 0 Å². The van der Waals surface area contributed by atoms with E-state index in [1.165, 1.54) is 12.1 Å². The number of rotatable bonds is 6. The van der Waals surface area contributed by atoms with Gasteiger partial charge in [0.15, 0.2) is 29.0 Å². The van der Waals surface area contributed by atoms with Gasteiger partial charge in [0.05, 0.1) is 20.8 Å². The minimum absolute atomic E-state index is 0.264. The third kappa shape index (κ3) is 5.00. The molecule has 2 aromatic rings. The quantitative estimate of drug-likeness (QED) is 0.553. The molecule has 0 aliphatic rings. The first-order valence-electron chi connectivity index (χ1n) is 7.82. The molecule has 2 aromatic carbocycles. The van der Waals surface area contributed by atoms with Crippen LogP contribution in [0.15, 0.2) is 41.4 Å². The van der Waals surface area contributed by atoms with Crippen LogP contribution in [0.25, 0.3) is 0 Å². The second-order valence-electron chi connectivity index (χ2n) is 5.18. The van der Waals surface area contributed by atoms with Gasteiger partial charge < -0.3 is 25.2 Å². The molecule has 0 aromatic heterocycles. The molecule has 0 aliphatic heterocycles. The Labute approximate surface area is 146 Å². The molecule has 3 N–H and O–H groups in total. The number of ether oxygens (including phenoxy) is 2. The van der Waals surface area contributed by atoms with E-state index in [1.54, 1.807) is 32.4 Å². The topological polar surface area (TPSA) is 75.1 Å². The van der Waals surface area contributed by atoms with E-state index in [1.807, 2.05) is 13.0 Å².